The van der Waals surface area contributed by atoms with E-state index in [0.29, 0.717) is 23.9 Å². The number of pyridine rings is 1. The number of piperidine rings is 1. The van der Waals surface area contributed by atoms with Crippen LogP contribution in [0.4, 0.5) is 0 Å². The smallest absolute Gasteiger partial charge is 0.287 e. The quantitative estimate of drug-likeness (QED) is 0.473. The summed E-state index contributed by atoms with van der Waals surface area (Å²) in [6.07, 6.45) is 2.19. The molecule has 1 amide bonds. The van der Waals surface area contributed by atoms with Gasteiger partial charge in [0.2, 0.25) is 5.71 Å². The van der Waals surface area contributed by atoms with E-state index in [1.807, 2.05) is 19.1 Å². The molecule has 5 nitrogen and oxygen atoms in total. The SMILES string of the molecule is Cc1ccc(CN2CCC(CNC(=O)c3cc4cc5ccc(C)cc5nc4o3)CC2)cc1. The molecule has 0 atom stereocenters. The lowest BCUT2D eigenvalue weighted by Gasteiger charge is -2.32. The van der Waals surface area contributed by atoms with Crippen LogP contribution in [-0.4, -0.2) is 35.4 Å². The van der Waals surface area contributed by atoms with E-state index in [2.05, 4.69) is 58.5 Å². The fourth-order valence-corrected chi connectivity index (χ4v) is 4.47. The Hall–Kier alpha value is -3.18. The van der Waals surface area contributed by atoms with Gasteiger partial charge in [0.05, 0.1) is 5.52 Å². The Morgan fingerprint density at radius 2 is 1.75 bits per heavy atom. The molecule has 0 bridgehead atoms. The average molecular weight is 428 g/mol. The van der Waals surface area contributed by atoms with Crippen LogP contribution in [0.2, 0.25) is 0 Å². The molecule has 0 saturated carbocycles. The van der Waals surface area contributed by atoms with Gasteiger partial charge in [-0.1, -0.05) is 42.0 Å². The summed E-state index contributed by atoms with van der Waals surface area (Å²) in [5, 5.41) is 4.98. The summed E-state index contributed by atoms with van der Waals surface area (Å²) in [5.41, 5.74) is 5.21. The van der Waals surface area contributed by atoms with Crippen LogP contribution in [-0.2, 0) is 6.54 Å². The summed E-state index contributed by atoms with van der Waals surface area (Å²) in [4.78, 5) is 19.8. The van der Waals surface area contributed by atoms with Crippen molar-refractivity contribution in [3.63, 3.8) is 0 Å². The van der Waals surface area contributed by atoms with Crippen molar-refractivity contribution in [3.05, 3.63) is 77.0 Å². The fourth-order valence-electron chi connectivity index (χ4n) is 4.47. The average Bonchev–Trinajstić information content (AvgIpc) is 3.21. The highest BCUT2D eigenvalue weighted by molar-refractivity contribution is 5.98. The molecule has 5 rings (SSSR count). The molecular weight excluding hydrogens is 398 g/mol. The van der Waals surface area contributed by atoms with Gasteiger partial charge in [-0.05, 0) is 75.0 Å². The zero-order chi connectivity index (χ0) is 22.1. The van der Waals surface area contributed by atoms with Crippen molar-refractivity contribution >= 4 is 27.9 Å². The number of amides is 1. The lowest BCUT2D eigenvalue weighted by molar-refractivity contribution is 0.0909. The van der Waals surface area contributed by atoms with Gasteiger partial charge in [-0.2, -0.15) is 0 Å². The Bertz CT molecular complexity index is 1250. The molecule has 0 aliphatic carbocycles. The van der Waals surface area contributed by atoms with E-state index in [1.54, 1.807) is 6.07 Å². The number of hydrogen-bond donors (Lipinski definition) is 1. The Kier molecular flexibility index (Phi) is 5.66. The van der Waals surface area contributed by atoms with Crippen molar-refractivity contribution < 1.29 is 9.21 Å². The van der Waals surface area contributed by atoms with Crippen molar-refractivity contribution in [3.8, 4) is 0 Å². The first kappa shape index (κ1) is 20.7. The number of benzene rings is 2. The third-order valence-electron chi connectivity index (χ3n) is 6.47. The number of aryl methyl sites for hydroxylation is 2. The van der Waals surface area contributed by atoms with Crippen LogP contribution >= 0.6 is 0 Å². The minimum Gasteiger partial charge on any atom is -0.433 e. The van der Waals surface area contributed by atoms with E-state index in [4.69, 9.17) is 4.42 Å². The van der Waals surface area contributed by atoms with Gasteiger partial charge < -0.3 is 9.73 Å². The van der Waals surface area contributed by atoms with E-state index >= 15 is 0 Å². The van der Waals surface area contributed by atoms with Crippen LogP contribution < -0.4 is 5.32 Å². The highest BCUT2D eigenvalue weighted by Crippen LogP contribution is 2.24. The number of carbonyl (C=O) groups excluding carboxylic acids is 1. The minimum absolute atomic E-state index is 0.162. The molecule has 3 heterocycles. The second-order valence-electron chi connectivity index (χ2n) is 9.10. The number of likely N-dealkylation sites (tertiary alicyclic amines) is 1. The van der Waals surface area contributed by atoms with Crippen molar-refractivity contribution in [2.75, 3.05) is 19.6 Å². The largest absolute Gasteiger partial charge is 0.433 e. The first-order chi connectivity index (χ1) is 15.5. The Labute approximate surface area is 188 Å². The summed E-state index contributed by atoms with van der Waals surface area (Å²) in [6.45, 7) is 7.97. The molecule has 164 valence electrons. The molecule has 1 aliphatic heterocycles. The Morgan fingerprint density at radius 1 is 1.00 bits per heavy atom. The normalized spacial score (nSPS) is 15.4. The molecule has 32 heavy (non-hydrogen) atoms. The van der Waals surface area contributed by atoms with Crippen LogP contribution in [0.25, 0.3) is 22.0 Å². The number of rotatable bonds is 5. The van der Waals surface area contributed by atoms with E-state index in [9.17, 15) is 4.79 Å². The van der Waals surface area contributed by atoms with Crippen molar-refractivity contribution in [2.45, 2.75) is 33.2 Å². The molecular formula is C27H29N3O2. The lowest BCUT2D eigenvalue weighted by atomic mass is 9.96. The molecule has 1 saturated heterocycles. The maximum absolute atomic E-state index is 12.7. The second kappa shape index (κ2) is 8.75. The van der Waals surface area contributed by atoms with Crippen LogP contribution in [0, 0.1) is 19.8 Å². The monoisotopic (exact) mass is 427 g/mol. The highest BCUT2D eigenvalue weighted by atomic mass is 16.4. The molecule has 1 fully saturated rings. The zero-order valence-corrected chi connectivity index (χ0v) is 18.7. The number of hydrogen-bond acceptors (Lipinski definition) is 4. The highest BCUT2D eigenvalue weighted by Gasteiger charge is 2.21. The van der Waals surface area contributed by atoms with Crippen LogP contribution in [0.5, 0.6) is 0 Å². The first-order valence-electron chi connectivity index (χ1n) is 11.4. The Morgan fingerprint density at radius 3 is 2.53 bits per heavy atom. The van der Waals surface area contributed by atoms with Gasteiger partial charge in [0, 0.05) is 23.9 Å². The van der Waals surface area contributed by atoms with Gasteiger partial charge in [-0.15, -0.1) is 0 Å². The van der Waals surface area contributed by atoms with E-state index in [1.165, 1.54) is 11.1 Å². The van der Waals surface area contributed by atoms with E-state index < -0.39 is 0 Å². The van der Waals surface area contributed by atoms with Gasteiger partial charge in [0.25, 0.3) is 5.91 Å². The summed E-state index contributed by atoms with van der Waals surface area (Å²) in [6, 6.07) is 18.8. The van der Waals surface area contributed by atoms with Gasteiger partial charge in [-0.3, -0.25) is 9.69 Å². The number of aromatic nitrogens is 1. The van der Waals surface area contributed by atoms with Gasteiger partial charge in [-0.25, -0.2) is 4.98 Å². The third kappa shape index (κ3) is 4.53. The van der Waals surface area contributed by atoms with Gasteiger partial charge >= 0.3 is 0 Å². The molecule has 2 aromatic carbocycles. The topological polar surface area (TPSA) is 58.4 Å². The predicted octanol–water partition coefficient (Wildman–Crippen LogP) is 5.24. The van der Waals surface area contributed by atoms with Crippen LogP contribution in [0.1, 0.15) is 40.1 Å². The molecule has 0 spiro atoms. The number of nitrogens with one attached hydrogen (secondary N) is 1. The van der Waals surface area contributed by atoms with Gasteiger partial charge in [0.1, 0.15) is 0 Å². The molecule has 4 aromatic rings. The lowest BCUT2D eigenvalue weighted by Crippen LogP contribution is -2.38. The molecule has 0 radical (unpaired) electrons. The number of carbonyl (C=O) groups is 1. The van der Waals surface area contributed by atoms with Gasteiger partial charge in [0.15, 0.2) is 5.76 Å². The van der Waals surface area contributed by atoms with Crippen molar-refractivity contribution in [2.24, 2.45) is 5.92 Å². The van der Waals surface area contributed by atoms with E-state index in [-0.39, 0.29) is 5.91 Å². The Balaban J connectivity index is 1.16. The molecule has 1 aliphatic rings. The molecule has 1 N–H and O–H groups in total. The third-order valence-corrected chi connectivity index (χ3v) is 6.47. The molecule has 0 unspecified atom stereocenters. The summed E-state index contributed by atoms with van der Waals surface area (Å²) < 4.78 is 5.78. The molecule has 2 aromatic heterocycles. The molecule has 5 heteroatoms. The number of nitrogens with zero attached hydrogens (tertiary/aromatic N) is 2. The minimum atomic E-state index is -0.162. The maximum atomic E-state index is 12.7. The van der Waals surface area contributed by atoms with Crippen molar-refractivity contribution in [1.29, 1.82) is 0 Å². The first-order valence-corrected chi connectivity index (χ1v) is 11.4. The van der Waals surface area contributed by atoms with Crippen molar-refractivity contribution in [1.82, 2.24) is 15.2 Å². The standard InChI is InChI=1S/C27H29N3O2/c1-18-3-6-21(7-4-18)17-30-11-9-20(10-12-30)16-28-26(31)25-15-23-14-22-8-5-19(2)13-24(22)29-27(23)32-25/h3-8,13-15,20H,9-12,16-17H2,1-2H3,(H,28,31). The number of fused-ring (bicyclic) bond motifs is 2. The summed E-state index contributed by atoms with van der Waals surface area (Å²) in [5.74, 6) is 0.669. The second-order valence-corrected chi connectivity index (χ2v) is 9.10. The number of furan rings is 1. The summed E-state index contributed by atoms with van der Waals surface area (Å²) >= 11 is 0. The van der Waals surface area contributed by atoms with Crippen LogP contribution in [0.15, 0.2) is 59.0 Å². The summed E-state index contributed by atoms with van der Waals surface area (Å²) in [7, 11) is 0. The van der Waals surface area contributed by atoms with Crippen LogP contribution in [0.3, 0.4) is 0 Å². The zero-order valence-electron chi connectivity index (χ0n) is 18.7. The van der Waals surface area contributed by atoms with E-state index in [0.717, 1.165) is 54.3 Å². The predicted molar refractivity (Wildman–Crippen MR) is 128 cm³/mol. The maximum Gasteiger partial charge on any atom is 0.287 e. The fraction of sp³-hybridized carbons (Fsp3) is 0.333.